The van der Waals surface area contributed by atoms with E-state index >= 15 is 0 Å². The Morgan fingerprint density at radius 1 is 0.963 bits per heavy atom. The van der Waals surface area contributed by atoms with Crippen molar-refractivity contribution in [2.24, 2.45) is 0 Å². The van der Waals surface area contributed by atoms with Crippen LogP contribution in [0.4, 0.5) is 11.4 Å². The van der Waals surface area contributed by atoms with Gasteiger partial charge in [0.15, 0.2) is 0 Å². The van der Waals surface area contributed by atoms with Crippen LogP contribution < -0.4 is 11.1 Å². The molecule has 0 spiro atoms. The maximum Gasteiger partial charge on any atom is 0.255 e. The Morgan fingerprint density at radius 2 is 1.70 bits per heavy atom. The normalized spacial score (nSPS) is 14.4. The highest BCUT2D eigenvalue weighted by atomic mass is 16.2. The fraction of sp³-hybridized carbons (Fsp3) is 0.364. The van der Waals surface area contributed by atoms with Crippen LogP contribution >= 0.6 is 0 Å². The van der Waals surface area contributed by atoms with Crippen LogP contribution in [0.5, 0.6) is 0 Å². The zero-order valence-electron chi connectivity index (χ0n) is 15.6. The van der Waals surface area contributed by atoms with Crippen molar-refractivity contribution < 1.29 is 9.59 Å². The van der Waals surface area contributed by atoms with E-state index in [2.05, 4.69) is 5.32 Å². The van der Waals surface area contributed by atoms with Gasteiger partial charge in [0.1, 0.15) is 0 Å². The van der Waals surface area contributed by atoms with Gasteiger partial charge in [0, 0.05) is 25.2 Å². The first-order chi connectivity index (χ1) is 13.1. The summed E-state index contributed by atoms with van der Waals surface area (Å²) in [5.41, 5.74) is 8.66. The predicted octanol–water partition coefficient (Wildman–Crippen LogP) is 3.86. The van der Waals surface area contributed by atoms with E-state index in [9.17, 15) is 9.59 Å². The molecule has 2 aromatic carbocycles. The summed E-state index contributed by atoms with van der Waals surface area (Å²) in [6, 6.07) is 14.8. The van der Waals surface area contributed by atoms with Gasteiger partial charge < -0.3 is 16.0 Å². The van der Waals surface area contributed by atoms with Crippen LogP contribution in [0, 0.1) is 0 Å². The third-order valence-electron chi connectivity index (χ3n) is 4.92. The molecular formula is C22H27N3O2. The number of hydrogen-bond donors (Lipinski definition) is 2. The average Bonchev–Trinajstić information content (AvgIpc) is 2.96. The van der Waals surface area contributed by atoms with Crippen molar-refractivity contribution in [3.05, 3.63) is 59.7 Å². The minimum atomic E-state index is -0.103. The van der Waals surface area contributed by atoms with E-state index in [1.165, 1.54) is 12.8 Å². The molecule has 1 fully saturated rings. The van der Waals surface area contributed by atoms with Crippen LogP contribution in [0.3, 0.4) is 0 Å². The maximum absolute atomic E-state index is 12.9. The van der Waals surface area contributed by atoms with Gasteiger partial charge in [0.2, 0.25) is 5.91 Å². The van der Waals surface area contributed by atoms with Crippen LogP contribution in [-0.4, -0.2) is 29.8 Å². The Hall–Kier alpha value is -2.82. The number of likely N-dealkylation sites (tertiary alicyclic amines) is 1. The van der Waals surface area contributed by atoms with Crippen LogP contribution in [0.2, 0.25) is 0 Å². The predicted molar refractivity (Wildman–Crippen MR) is 109 cm³/mol. The second-order valence-electron chi connectivity index (χ2n) is 7.05. The molecule has 2 aromatic rings. The van der Waals surface area contributed by atoms with Gasteiger partial charge in [-0.1, -0.05) is 37.1 Å². The molecule has 27 heavy (non-hydrogen) atoms. The number of carbonyl (C=O) groups excluding carboxylic acids is 2. The molecule has 0 bridgehead atoms. The average molecular weight is 365 g/mol. The lowest BCUT2D eigenvalue weighted by Crippen LogP contribution is -2.32. The Morgan fingerprint density at radius 3 is 2.44 bits per heavy atom. The minimum absolute atomic E-state index is 0.00336. The van der Waals surface area contributed by atoms with E-state index in [4.69, 9.17) is 5.73 Å². The van der Waals surface area contributed by atoms with Crippen LogP contribution in [0.25, 0.3) is 0 Å². The number of hydrogen-bond acceptors (Lipinski definition) is 3. The monoisotopic (exact) mass is 365 g/mol. The van der Waals surface area contributed by atoms with E-state index in [1.807, 2.05) is 41.3 Å². The number of amides is 2. The Bertz CT molecular complexity index is 796. The number of carbonyl (C=O) groups is 2. The molecule has 5 nitrogen and oxygen atoms in total. The molecule has 3 rings (SSSR count). The van der Waals surface area contributed by atoms with Gasteiger partial charge in [-0.05, 0) is 49.1 Å². The van der Waals surface area contributed by atoms with Crippen molar-refractivity contribution in [1.82, 2.24) is 4.90 Å². The van der Waals surface area contributed by atoms with E-state index in [1.54, 1.807) is 12.1 Å². The fourth-order valence-electron chi connectivity index (χ4n) is 3.44. The molecule has 1 aliphatic rings. The molecule has 0 saturated carbocycles. The number of nitrogens with two attached hydrogens (primary N) is 1. The molecule has 0 unspecified atom stereocenters. The third-order valence-corrected chi connectivity index (χ3v) is 4.92. The van der Waals surface area contributed by atoms with Crippen molar-refractivity contribution in [3.63, 3.8) is 0 Å². The maximum atomic E-state index is 12.9. The van der Waals surface area contributed by atoms with Gasteiger partial charge in [0.05, 0.1) is 11.3 Å². The lowest BCUT2D eigenvalue weighted by molar-refractivity contribution is -0.116. The molecular weight excluding hydrogens is 338 g/mol. The molecule has 0 aliphatic carbocycles. The first kappa shape index (κ1) is 19.0. The molecule has 0 aromatic heterocycles. The fourth-order valence-corrected chi connectivity index (χ4v) is 3.44. The van der Waals surface area contributed by atoms with Gasteiger partial charge in [-0.2, -0.15) is 0 Å². The molecule has 3 N–H and O–H groups in total. The summed E-state index contributed by atoms with van der Waals surface area (Å²) in [4.78, 5) is 27.2. The second-order valence-corrected chi connectivity index (χ2v) is 7.05. The molecule has 142 valence electrons. The van der Waals surface area contributed by atoms with E-state index < -0.39 is 0 Å². The number of nitrogen functional groups attached to an aromatic ring is 1. The van der Waals surface area contributed by atoms with Gasteiger partial charge in [-0.3, -0.25) is 9.59 Å². The van der Waals surface area contributed by atoms with Crippen molar-refractivity contribution in [2.45, 2.75) is 38.5 Å². The summed E-state index contributed by atoms with van der Waals surface area (Å²) in [7, 11) is 0. The molecule has 1 heterocycles. The summed E-state index contributed by atoms with van der Waals surface area (Å²) in [5.74, 6) is -0.0998. The molecule has 5 heteroatoms. The van der Waals surface area contributed by atoms with Gasteiger partial charge in [-0.25, -0.2) is 0 Å². The van der Waals surface area contributed by atoms with Crippen molar-refractivity contribution in [2.75, 3.05) is 24.1 Å². The highest BCUT2D eigenvalue weighted by Gasteiger charge is 2.20. The topological polar surface area (TPSA) is 75.4 Å². The molecule has 0 radical (unpaired) electrons. The standard InChI is InChI=1S/C22H27N3O2/c23-18-9-7-8-17(16-18)12-13-21(26)24-20-11-4-3-10-19(20)22(27)25-14-5-1-2-6-15-25/h3-4,7-11,16H,1-2,5-6,12-15,23H2,(H,24,26). The summed E-state index contributed by atoms with van der Waals surface area (Å²) >= 11 is 0. The molecule has 1 aliphatic heterocycles. The number of rotatable bonds is 5. The number of nitrogens with zero attached hydrogens (tertiary/aromatic N) is 1. The first-order valence-corrected chi connectivity index (χ1v) is 9.66. The number of anilines is 2. The van der Waals surface area contributed by atoms with E-state index in [0.717, 1.165) is 31.5 Å². The highest BCUT2D eigenvalue weighted by Crippen LogP contribution is 2.20. The number of aryl methyl sites for hydroxylation is 1. The van der Waals surface area contributed by atoms with Crippen molar-refractivity contribution >= 4 is 23.2 Å². The summed E-state index contributed by atoms with van der Waals surface area (Å²) in [6.07, 6.45) is 5.38. The lowest BCUT2D eigenvalue weighted by atomic mass is 10.1. The van der Waals surface area contributed by atoms with Crippen LogP contribution in [0.15, 0.2) is 48.5 Å². The number of para-hydroxylation sites is 1. The molecule has 2 amide bonds. The Kier molecular flexibility index (Phi) is 6.47. The largest absolute Gasteiger partial charge is 0.399 e. The SMILES string of the molecule is Nc1cccc(CCC(=O)Nc2ccccc2C(=O)N2CCCCCC2)c1. The zero-order valence-corrected chi connectivity index (χ0v) is 15.6. The molecule has 1 saturated heterocycles. The second kappa shape index (κ2) is 9.21. The zero-order chi connectivity index (χ0) is 19.1. The number of benzene rings is 2. The Balaban J connectivity index is 1.64. The first-order valence-electron chi connectivity index (χ1n) is 9.66. The van der Waals surface area contributed by atoms with Crippen LogP contribution in [0.1, 0.15) is 48.0 Å². The summed E-state index contributed by atoms with van der Waals surface area (Å²) in [5, 5.41) is 2.91. The minimum Gasteiger partial charge on any atom is -0.399 e. The summed E-state index contributed by atoms with van der Waals surface area (Å²) in [6.45, 7) is 1.58. The van der Waals surface area contributed by atoms with E-state index in [-0.39, 0.29) is 11.8 Å². The van der Waals surface area contributed by atoms with Gasteiger partial charge >= 0.3 is 0 Å². The highest BCUT2D eigenvalue weighted by molar-refractivity contribution is 6.03. The van der Waals surface area contributed by atoms with Gasteiger partial charge in [-0.15, -0.1) is 0 Å². The summed E-state index contributed by atoms with van der Waals surface area (Å²) < 4.78 is 0. The van der Waals surface area contributed by atoms with Crippen molar-refractivity contribution in [1.29, 1.82) is 0 Å². The lowest BCUT2D eigenvalue weighted by Gasteiger charge is -2.22. The quantitative estimate of drug-likeness (QED) is 0.790. The number of nitrogens with one attached hydrogen (secondary N) is 1. The molecule has 0 atom stereocenters. The third kappa shape index (κ3) is 5.33. The smallest absolute Gasteiger partial charge is 0.255 e. The Labute approximate surface area is 160 Å². The van der Waals surface area contributed by atoms with Crippen molar-refractivity contribution in [3.8, 4) is 0 Å². The van der Waals surface area contributed by atoms with E-state index in [0.29, 0.717) is 29.8 Å². The van der Waals surface area contributed by atoms with Gasteiger partial charge in [0.25, 0.3) is 5.91 Å². The van der Waals surface area contributed by atoms with Crippen LogP contribution in [-0.2, 0) is 11.2 Å².